The Morgan fingerprint density at radius 2 is 1.95 bits per heavy atom. The molecule has 0 radical (unpaired) electrons. The average Bonchev–Trinajstić information content (AvgIpc) is 3.34. The van der Waals surface area contributed by atoms with Gasteiger partial charge in [0.25, 0.3) is 0 Å². The monoisotopic (exact) mass is 300 g/mol. The van der Waals surface area contributed by atoms with Crippen molar-refractivity contribution in [1.82, 2.24) is 9.97 Å². The largest absolute Gasteiger partial charge is 0.352 e. The second-order valence-electron chi connectivity index (χ2n) is 5.86. The topological polar surface area (TPSA) is 49.8 Å². The molecule has 1 aromatic carbocycles. The number of benzene rings is 1. The highest BCUT2D eigenvalue weighted by molar-refractivity contribution is 5.58. The fourth-order valence-electron chi connectivity index (χ4n) is 2.19. The van der Waals surface area contributed by atoms with Gasteiger partial charge in [0.2, 0.25) is 5.95 Å². The number of nitrogens with one attached hydrogen (secondary N) is 2. The summed E-state index contributed by atoms with van der Waals surface area (Å²) in [6, 6.07) is 8.59. The van der Waals surface area contributed by atoms with E-state index in [1.165, 1.54) is 25.0 Å². The Hall–Kier alpha value is -2.17. The first kappa shape index (κ1) is 14.8. The van der Waals surface area contributed by atoms with E-state index in [1.54, 1.807) is 12.1 Å². The predicted molar refractivity (Wildman–Crippen MR) is 87.1 cm³/mol. The number of hydrogen-bond donors (Lipinski definition) is 2. The second kappa shape index (κ2) is 6.30. The van der Waals surface area contributed by atoms with Gasteiger partial charge in [0.1, 0.15) is 11.6 Å². The average molecular weight is 300 g/mol. The van der Waals surface area contributed by atoms with Gasteiger partial charge in [-0.05, 0) is 50.5 Å². The van der Waals surface area contributed by atoms with Crippen LogP contribution < -0.4 is 10.6 Å². The van der Waals surface area contributed by atoms with Crippen molar-refractivity contribution in [3.05, 3.63) is 41.8 Å². The molecule has 0 bridgehead atoms. The van der Waals surface area contributed by atoms with Gasteiger partial charge >= 0.3 is 0 Å². The van der Waals surface area contributed by atoms with E-state index in [9.17, 15) is 4.39 Å². The zero-order valence-electron chi connectivity index (χ0n) is 12.9. The van der Waals surface area contributed by atoms with Gasteiger partial charge in [-0.15, -0.1) is 0 Å². The van der Waals surface area contributed by atoms with Crippen LogP contribution in [-0.4, -0.2) is 16.0 Å². The number of halogens is 1. The summed E-state index contributed by atoms with van der Waals surface area (Å²) in [6.07, 6.45) is 3.39. The maximum Gasteiger partial charge on any atom is 0.225 e. The van der Waals surface area contributed by atoms with Crippen molar-refractivity contribution in [1.29, 1.82) is 0 Å². The molecule has 1 aliphatic carbocycles. The first-order valence-corrected chi connectivity index (χ1v) is 7.82. The summed E-state index contributed by atoms with van der Waals surface area (Å²) in [4.78, 5) is 9.14. The molecule has 1 saturated carbocycles. The Morgan fingerprint density at radius 3 is 2.59 bits per heavy atom. The quantitative estimate of drug-likeness (QED) is 0.827. The molecule has 1 fully saturated rings. The van der Waals surface area contributed by atoms with Crippen LogP contribution in [0.1, 0.15) is 44.7 Å². The van der Waals surface area contributed by atoms with Gasteiger partial charge in [-0.25, -0.2) is 9.37 Å². The highest BCUT2D eigenvalue weighted by Gasteiger charge is 2.26. The second-order valence-corrected chi connectivity index (χ2v) is 5.86. The highest BCUT2D eigenvalue weighted by atomic mass is 19.1. The standard InChI is InChI=1S/C17H21FN4/c1-3-11(2)19-17-21-15(12-4-5-12)10-16(22-17)20-14-8-6-13(18)7-9-14/h6-12H,3-5H2,1-2H3,(H2,19,20,21,22)/t11-/m1/s1. The third-order valence-corrected chi connectivity index (χ3v) is 3.85. The molecule has 5 heteroatoms. The molecule has 116 valence electrons. The lowest BCUT2D eigenvalue weighted by Gasteiger charge is -2.14. The third-order valence-electron chi connectivity index (χ3n) is 3.85. The molecule has 0 unspecified atom stereocenters. The minimum Gasteiger partial charge on any atom is -0.352 e. The Bertz CT molecular complexity index is 638. The van der Waals surface area contributed by atoms with Crippen molar-refractivity contribution in [2.45, 2.75) is 45.1 Å². The summed E-state index contributed by atoms with van der Waals surface area (Å²) in [5, 5.41) is 6.56. The minimum atomic E-state index is -0.244. The van der Waals surface area contributed by atoms with Gasteiger partial charge in [0.15, 0.2) is 0 Å². The Morgan fingerprint density at radius 1 is 1.23 bits per heavy atom. The van der Waals surface area contributed by atoms with Crippen molar-refractivity contribution in [2.24, 2.45) is 0 Å². The van der Waals surface area contributed by atoms with Crippen LogP contribution in [0, 0.1) is 5.82 Å². The molecule has 0 spiro atoms. The Kier molecular flexibility index (Phi) is 4.22. The van der Waals surface area contributed by atoms with Crippen LogP contribution in [0.15, 0.2) is 30.3 Å². The molecule has 1 atom stereocenters. The molecule has 0 saturated heterocycles. The fourth-order valence-corrected chi connectivity index (χ4v) is 2.19. The maximum atomic E-state index is 13.0. The van der Waals surface area contributed by atoms with Crippen LogP contribution in [0.5, 0.6) is 0 Å². The molecule has 0 amide bonds. The summed E-state index contributed by atoms with van der Waals surface area (Å²) >= 11 is 0. The molecule has 3 rings (SSSR count). The van der Waals surface area contributed by atoms with Crippen LogP contribution in [0.25, 0.3) is 0 Å². The van der Waals surface area contributed by atoms with Crippen LogP contribution in [0.2, 0.25) is 0 Å². The summed E-state index contributed by atoms with van der Waals surface area (Å²) in [5.74, 6) is 1.71. The van der Waals surface area contributed by atoms with E-state index >= 15 is 0 Å². The zero-order chi connectivity index (χ0) is 15.5. The van der Waals surface area contributed by atoms with Crippen LogP contribution >= 0.6 is 0 Å². The minimum absolute atomic E-state index is 0.244. The van der Waals surface area contributed by atoms with E-state index in [-0.39, 0.29) is 5.82 Å². The van der Waals surface area contributed by atoms with Crippen LogP contribution in [0.3, 0.4) is 0 Å². The predicted octanol–water partition coefficient (Wildman–Crippen LogP) is 4.45. The van der Waals surface area contributed by atoms with Crippen molar-refractivity contribution in [2.75, 3.05) is 10.6 Å². The number of aromatic nitrogens is 2. The van der Waals surface area contributed by atoms with E-state index in [0.717, 1.165) is 23.6 Å². The zero-order valence-corrected chi connectivity index (χ0v) is 12.9. The van der Waals surface area contributed by atoms with E-state index in [2.05, 4.69) is 34.4 Å². The van der Waals surface area contributed by atoms with Gasteiger partial charge in [-0.2, -0.15) is 4.98 Å². The maximum absolute atomic E-state index is 13.0. The van der Waals surface area contributed by atoms with E-state index in [4.69, 9.17) is 0 Å². The highest BCUT2D eigenvalue weighted by Crippen LogP contribution is 2.40. The molecular formula is C17H21FN4. The number of anilines is 3. The smallest absolute Gasteiger partial charge is 0.225 e. The van der Waals surface area contributed by atoms with E-state index < -0.39 is 0 Å². The van der Waals surface area contributed by atoms with Crippen LogP contribution in [-0.2, 0) is 0 Å². The lowest BCUT2D eigenvalue weighted by Crippen LogP contribution is -2.16. The molecule has 2 aromatic rings. The van der Waals surface area contributed by atoms with Crippen LogP contribution in [0.4, 0.5) is 21.8 Å². The van der Waals surface area contributed by atoms with Crippen molar-refractivity contribution < 1.29 is 4.39 Å². The lowest BCUT2D eigenvalue weighted by atomic mass is 10.2. The van der Waals surface area contributed by atoms with Crippen molar-refractivity contribution >= 4 is 17.5 Å². The molecule has 1 aliphatic rings. The Balaban J connectivity index is 1.83. The van der Waals surface area contributed by atoms with Gasteiger partial charge in [-0.1, -0.05) is 6.92 Å². The van der Waals surface area contributed by atoms with E-state index in [1.807, 2.05) is 6.07 Å². The normalized spacial score (nSPS) is 15.4. The first-order valence-electron chi connectivity index (χ1n) is 7.82. The van der Waals surface area contributed by atoms with Gasteiger partial charge in [-0.3, -0.25) is 0 Å². The van der Waals surface area contributed by atoms with Crippen molar-refractivity contribution in [3.63, 3.8) is 0 Å². The first-order chi connectivity index (χ1) is 10.6. The van der Waals surface area contributed by atoms with Gasteiger partial charge < -0.3 is 10.6 Å². The van der Waals surface area contributed by atoms with E-state index in [0.29, 0.717) is 17.9 Å². The molecule has 4 nitrogen and oxygen atoms in total. The number of hydrogen-bond acceptors (Lipinski definition) is 4. The molecule has 2 N–H and O–H groups in total. The molecule has 22 heavy (non-hydrogen) atoms. The molecule has 1 aromatic heterocycles. The lowest BCUT2D eigenvalue weighted by molar-refractivity contribution is 0.628. The summed E-state index contributed by atoms with van der Waals surface area (Å²) in [7, 11) is 0. The number of rotatable bonds is 6. The van der Waals surface area contributed by atoms with Gasteiger partial charge in [0.05, 0.1) is 5.69 Å². The SMILES string of the molecule is CC[C@@H](C)Nc1nc(Nc2ccc(F)cc2)cc(C2CC2)n1. The Labute approximate surface area is 130 Å². The molecule has 1 heterocycles. The summed E-state index contributed by atoms with van der Waals surface area (Å²) in [6.45, 7) is 4.24. The van der Waals surface area contributed by atoms with Gasteiger partial charge in [0, 0.05) is 23.7 Å². The summed E-state index contributed by atoms with van der Waals surface area (Å²) < 4.78 is 13.0. The van der Waals surface area contributed by atoms with Crippen molar-refractivity contribution in [3.8, 4) is 0 Å². The third kappa shape index (κ3) is 3.72. The fraction of sp³-hybridized carbons (Fsp3) is 0.412. The number of nitrogens with zero attached hydrogens (tertiary/aromatic N) is 2. The molecular weight excluding hydrogens is 279 g/mol. The summed E-state index contributed by atoms with van der Waals surface area (Å²) in [5.41, 5.74) is 1.89. The molecule has 0 aliphatic heterocycles.